The van der Waals surface area contributed by atoms with Crippen molar-refractivity contribution in [3.05, 3.63) is 29.8 Å². The highest BCUT2D eigenvalue weighted by Gasteiger charge is 2.15. The van der Waals surface area contributed by atoms with Gasteiger partial charge in [0.25, 0.3) is 0 Å². The number of ether oxygens (including phenoxy) is 2. The summed E-state index contributed by atoms with van der Waals surface area (Å²) in [6.45, 7) is 1.67. The molecule has 2 rings (SSSR count). The van der Waals surface area contributed by atoms with E-state index < -0.39 is 5.97 Å². The van der Waals surface area contributed by atoms with Gasteiger partial charge in [-0.2, -0.15) is 0 Å². The Balaban J connectivity index is 1.68. The second-order valence-corrected chi connectivity index (χ2v) is 5.28. The van der Waals surface area contributed by atoms with Crippen molar-refractivity contribution in [1.29, 1.82) is 0 Å². The van der Waals surface area contributed by atoms with Crippen LogP contribution in [0, 0.1) is 0 Å². The maximum absolute atomic E-state index is 11.8. The fraction of sp³-hybridized carbons (Fsp3) is 0.500. The minimum atomic E-state index is -0.897. The van der Waals surface area contributed by atoms with Gasteiger partial charge >= 0.3 is 5.97 Å². The van der Waals surface area contributed by atoms with Crippen LogP contribution < -0.4 is 5.32 Å². The molecule has 1 saturated heterocycles. The topological polar surface area (TPSA) is 84.9 Å². The van der Waals surface area contributed by atoms with Crippen LogP contribution in [-0.2, 0) is 25.5 Å². The van der Waals surface area contributed by atoms with E-state index in [-0.39, 0.29) is 24.9 Å². The molecule has 0 radical (unpaired) electrons. The molecular formula is C16H21NO5. The molecule has 120 valence electrons. The number of hydrogen-bond acceptors (Lipinski definition) is 4. The Bertz CT molecular complexity index is 511. The highest BCUT2D eigenvalue weighted by atomic mass is 16.5. The molecule has 1 aliphatic rings. The van der Waals surface area contributed by atoms with Crippen LogP contribution in [0.15, 0.2) is 24.3 Å². The Kier molecular flexibility index (Phi) is 6.36. The predicted octanol–water partition coefficient (Wildman–Crippen LogP) is 1.84. The van der Waals surface area contributed by atoms with Crippen LogP contribution in [0.4, 0.5) is 5.69 Å². The zero-order valence-electron chi connectivity index (χ0n) is 12.4. The summed E-state index contributed by atoms with van der Waals surface area (Å²) in [5.74, 6) is -1.05. The molecule has 0 bridgehead atoms. The largest absolute Gasteiger partial charge is 0.481 e. The summed E-state index contributed by atoms with van der Waals surface area (Å²) in [7, 11) is 0. The lowest BCUT2D eigenvalue weighted by Gasteiger charge is -2.10. The van der Waals surface area contributed by atoms with Gasteiger partial charge in [-0.1, -0.05) is 12.1 Å². The van der Waals surface area contributed by atoms with Crippen LogP contribution in [0.5, 0.6) is 0 Å². The van der Waals surface area contributed by atoms with Crippen molar-refractivity contribution >= 4 is 17.6 Å². The number of aliphatic carboxylic acids is 1. The van der Waals surface area contributed by atoms with Crippen molar-refractivity contribution in [3.8, 4) is 0 Å². The van der Waals surface area contributed by atoms with Gasteiger partial charge in [-0.25, -0.2) is 0 Å². The molecule has 0 aliphatic carbocycles. The molecule has 0 saturated carbocycles. The number of anilines is 1. The van der Waals surface area contributed by atoms with Gasteiger partial charge in [0.15, 0.2) is 0 Å². The number of carboxylic acid groups (broad SMARTS) is 1. The van der Waals surface area contributed by atoms with E-state index in [9.17, 15) is 9.59 Å². The van der Waals surface area contributed by atoms with Gasteiger partial charge < -0.3 is 19.9 Å². The third-order valence-electron chi connectivity index (χ3n) is 3.37. The molecule has 6 nitrogen and oxygen atoms in total. The quantitative estimate of drug-likeness (QED) is 0.716. The molecule has 1 aromatic carbocycles. The number of benzene rings is 1. The van der Waals surface area contributed by atoms with Crippen LogP contribution in [0.25, 0.3) is 0 Å². The first-order chi connectivity index (χ1) is 10.6. The van der Waals surface area contributed by atoms with E-state index in [4.69, 9.17) is 14.6 Å². The number of nitrogens with one attached hydrogen (secondary N) is 1. The lowest BCUT2D eigenvalue weighted by atomic mass is 10.1. The number of carbonyl (C=O) groups is 2. The van der Waals surface area contributed by atoms with E-state index in [1.807, 2.05) is 0 Å². The number of carboxylic acids is 1. The molecule has 22 heavy (non-hydrogen) atoms. The molecule has 1 fully saturated rings. The van der Waals surface area contributed by atoms with Crippen molar-refractivity contribution in [1.82, 2.24) is 0 Å². The SMILES string of the molecule is O=C(O)Cc1cccc(NC(=O)CCOCC2CCCO2)c1. The van der Waals surface area contributed by atoms with Crippen LogP contribution in [0.2, 0.25) is 0 Å². The summed E-state index contributed by atoms with van der Waals surface area (Å²) in [5.41, 5.74) is 1.25. The third-order valence-corrected chi connectivity index (χ3v) is 3.37. The fourth-order valence-electron chi connectivity index (χ4n) is 2.31. The summed E-state index contributed by atoms with van der Waals surface area (Å²) in [5, 5.41) is 11.5. The number of amides is 1. The van der Waals surface area contributed by atoms with Crippen LogP contribution in [-0.4, -0.2) is 42.9 Å². The van der Waals surface area contributed by atoms with Gasteiger partial charge in [0.2, 0.25) is 5.91 Å². The van der Waals surface area contributed by atoms with Crippen molar-refractivity contribution < 1.29 is 24.2 Å². The summed E-state index contributed by atoms with van der Waals surface area (Å²) in [6, 6.07) is 6.84. The van der Waals surface area contributed by atoms with E-state index in [2.05, 4.69) is 5.32 Å². The van der Waals surface area contributed by atoms with Gasteiger partial charge in [-0.15, -0.1) is 0 Å². The van der Waals surface area contributed by atoms with E-state index in [1.54, 1.807) is 24.3 Å². The summed E-state index contributed by atoms with van der Waals surface area (Å²) >= 11 is 0. The van der Waals surface area contributed by atoms with Gasteiger partial charge in [0.1, 0.15) is 0 Å². The van der Waals surface area contributed by atoms with E-state index in [0.717, 1.165) is 19.4 Å². The normalized spacial score (nSPS) is 17.4. The molecule has 1 amide bonds. The first kappa shape index (κ1) is 16.5. The van der Waals surface area contributed by atoms with Crippen LogP contribution in [0.1, 0.15) is 24.8 Å². The van der Waals surface area contributed by atoms with Crippen LogP contribution in [0.3, 0.4) is 0 Å². The summed E-state index contributed by atoms with van der Waals surface area (Å²) < 4.78 is 10.9. The number of rotatable bonds is 8. The van der Waals surface area contributed by atoms with Crippen molar-refractivity contribution in [2.75, 3.05) is 25.1 Å². The van der Waals surface area contributed by atoms with E-state index >= 15 is 0 Å². The second-order valence-electron chi connectivity index (χ2n) is 5.28. The minimum absolute atomic E-state index is 0.0613. The second kappa shape index (κ2) is 8.51. The molecule has 6 heteroatoms. The van der Waals surface area contributed by atoms with Gasteiger partial charge in [0.05, 0.1) is 32.2 Å². The zero-order chi connectivity index (χ0) is 15.8. The average molecular weight is 307 g/mol. The lowest BCUT2D eigenvalue weighted by Crippen LogP contribution is -2.18. The molecule has 1 aliphatic heterocycles. The first-order valence-electron chi connectivity index (χ1n) is 7.43. The smallest absolute Gasteiger partial charge is 0.307 e. The molecular weight excluding hydrogens is 286 g/mol. The molecule has 1 aromatic rings. The van der Waals surface area contributed by atoms with Crippen LogP contribution >= 0.6 is 0 Å². The molecule has 2 N–H and O–H groups in total. The Morgan fingerprint density at radius 1 is 1.41 bits per heavy atom. The van der Waals surface area contributed by atoms with Gasteiger partial charge in [-0.05, 0) is 30.5 Å². The van der Waals surface area contributed by atoms with Crippen molar-refractivity contribution in [2.45, 2.75) is 31.8 Å². The molecule has 0 spiro atoms. The monoisotopic (exact) mass is 307 g/mol. The Morgan fingerprint density at radius 2 is 2.27 bits per heavy atom. The molecule has 1 atom stereocenters. The standard InChI is InChI=1S/C16H21NO5/c18-15(6-8-21-11-14-5-2-7-22-14)17-13-4-1-3-12(9-13)10-16(19)20/h1,3-4,9,14H,2,5-8,10-11H2,(H,17,18)(H,19,20). The van der Waals surface area contributed by atoms with E-state index in [0.29, 0.717) is 24.5 Å². The highest BCUT2D eigenvalue weighted by Crippen LogP contribution is 2.13. The number of carbonyl (C=O) groups excluding carboxylic acids is 1. The first-order valence-corrected chi connectivity index (χ1v) is 7.43. The summed E-state index contributed by atoms with van der Waals surface area (Å²) in [4.78, 5) is 22.5. The molecule has 1 unspecified atom stereocenters. The number of hydrogen-bond donors (Lipinski definition) is 2. The maximum atomic E-state index is 11.8. The Morgan fingerprint density at radius 3 is 3.00 bits per heavy atom. The fourth-order valence-corrected chi connectivity index (χ4v) is 2.31. The van der Waals surface area contributed by atoms with E-state index in [1.165, 1.54) is 0 Å². The highest BCUT2D eigenvalue weighted by molar-refractivity contribution is 5.90. The average Bonchev–Trinajstić information content (AvgIpc) is 2.96. The Labute approximate surface area is 129 Å². The van der Waals surface area contributed by atoms with Gasteiger partial charge in [-0.3, -0.25) is 9.59 Å². The lowest BCUT2D eigenvalue weighted by molar-refractivity contribution is -0.136. The molecule has 1 heterocycles. The van der Waals surface area contributed by atoms with Crippen molar-refractivity contribution in [3.63, 3.8) is 0 Å². The summed E-state index contributed by atoms with van der Waals surface area (Å²) in [6.07, 6.45) is 2.45. The minimum Gasteiger partial charge on any atom is -0.481 e. The maximum Gasteiger partial charge on any atom is 0.307 e. The molecule has 0 aromatic heterocycles. The Hall–Kier alpha value is -1.92. The van der Waals surface area contributed by atoms with Crippen molar-refractivity contribution in [2.24, 2.45) is 0 Å². The third kappa shape index (κ3) is 5.83. The van der Waals surface area contributed by atoms with Gasteiger partial charge in [0, 0.05) is 12.3 Å². The predicted molar refractivity (Wildman–Crippen MR) is 80.8 cm³/mol. The zero-order valence-corrected chi connectivity index (χ0v) is 12.4.